The van der Waals surface area contributed by atoms with Crippen LogP contribution in [0, 0.1) is 17.8 Å². The van der Waals surface area contributed by atoms with Gasteiger partial charge in [0.2, 0.25) is 0 Å². The minimum atomic E-state index is 0.0850. The maximum Gasteiger partial charge on any atom is 0.257 e. The van der Waals surface area contributed by atoms with Crippen molar-refractivity contribution in [2.24, 2.45) is 17.8 Å². The molecule has 3 atom stereocenters. The molecule has 21 heavy (non-hydrogen) atoms. The zero-order chi connectivity index (χ0) is 14.8. The van der Waals surface area contributed by atoms with Gasteiger partial charge >= 0.3 is 0 Å². The lowest BCUT2D eigenvalue weighted by Gasteiger charge is -2.27. The van der Waals surface area contributed by atoms with E-state index in [1.165, 1.54) is 25.7 Å². The Labute approximate surface area is 126 Å². The first kappa shape index (κ1) is 14.4. The molecule has 1 heterocycles. The van der Waals surface area contributed by atoms with Gasteiger partial charge in [0.25, 0.3) is 5.91 Å². The van der Waals surface area contributed by atoms with Gasteiger partial charge in [0, 0.05) is 32.5 Å². The third kappa shape index (κ3) is 2.89. The van der Waals surface area contributed by atoms with Crippen LogP contribution < -0.4 is 5.32 Å². The number of aromatic nitrogens is 1. The first-order valence-electron chi connectivity index (χ1n) is 8.12. The largest absolute Gasteiger partial charge is 0.385 e. The summed E-state index contributed by atoms with van der Waals surface area (Å²) in [5.41, 5.74) is 1.57. The Hall–Kier alpha value is -1.58. The number of nitrogens with one attached hydrogen (secondary N) is 1. The number of anilines is 1. The maximum absolute atomic E-state index is 12.7. The third-order valence-corrected chi connectivity index (χ3v) is 5.16. The Balaban J connectivity index is 1.67. The van der Waals surface area contributed by atoms with Gasteiger partial charge < -0.3 is 10.2 Å². The second-order valence-electron chi connectivity index (χ2n) is 6.57. The van der Waals surface area contributed by atoms with Gasteiger partial charge in [0.15, 0.2) is 0 Å². The summed E-state index contributed by atoms with van der Waals surface area (Å²) >= 11 is 0. The van der Waals surface area contributed by atoms with Gasteiger partial charge in [-0.05, 0) is 50.0 Å². The fourth-order valence-electron chi connectivity index (χ4n) is 4.15. The van der Waals surface area contributed by atoms with Crippen LogP contribution >= 0.6 is 0 Å². The lowest BCUT2D eigenvalue weighted by Crippen LogP contribution is -2.34. The average Bonchev–Trinajstić information content (AvgIpc) is 3.10. The molecule has 2 aliphatic rings. The summed E-state index contributed by atoms with van der Waals surface area (Å²) in [6.45, 7) is 3.73. The summed E-state index contributed by atoms with van der Waals surface area (Å²) < 4.78 is 0. The maximum atomic E-state index is 12.7. The number of rotatable bonds is 5. The van der Waals surface area contributed by atoms with Gasteiger partial charge in [-0.15, -0.1) is 0 Å². The van der Waals surface area contributed by atoms with Gasteiger partial charge in [-0.25, -0.2) is 0 Å². The molecule has 1 amide bonds. The number of amides is 1. The number of nitrogens with zero attached hydrogens (tertiary/aromatic N) is 2. The molecule has 1 aromatic rings. The summed E-state index contributed by atoms with van der Waals surface area (Å²) in [5.74, 6) is 2.57. The highest BCUT2D eigenvalue weighted by Crippen LogP contribution is 2.48. The van der Waals surface area contributed by atoms with Crippen molar-refractivity contribution in [3.05, 3.63) is 24.0 Å². The van der Waals surface area contributed by atoms with Crippen LogP contribution in [0.1, 0.15) is 43.0 Å². The highest BCUT2D eigenvalue weighted by molar-refractivity contribution is 5.99. The van der Waals surface area contributed by atoms with Crippen molar-refractivity contribution in [3.63, 3.8) is 0 Å². The Morgan fingerprint density at radius 2 is 2.29 bits per heavy atom. The van der Waals surface area contributed by atoms with Crippen LogP contribution in [0.15, 0.2) is 18.5 Å². The molecule has 1 N–H and O–H groups in total. The lowest BCUT2D eigenvalue weighted by molar-refractivity contribution is 0.0755. The molecule has 1 aromatic heterocycles. The van der Waals surface area contributed by atoms with Crippen LogP contribution in [0.4, 0.5) is 5.69 Å². The molecule has 114 valence electrons. The molecule has 2 aliphatic carbocycles. The summed E-state index contributed by atoms with van der Waals surface area (Å²) in [7, 11) is 1.93. The number of carbonyl (C=O) groups excluding carboxylic acids is 1. The van der Waals surface area contributed by atoms with E-state index in [9.17, 15) is 4.79 Å². The number of fused-ring (bicyclic) bond motifs is 2. The SMILES string of the molecule is CCNc1ccncc1C(=O)N(C)CC1CC2CCC1C2. The molecular weight excluding hydrogens is 262 g/mol. The van der Waals surface area contributed by atoms with Gasteiger partial charge in [0.05, 0.1) is 11.3 Å². The highest BCUT2D eigenvalue weighted by Gasteiger charge is 2.40. The molecule has 2 fully saturated rings. The first-order chi connectivity index (χ1) is 10.2. The molecule has 0 radical (unpaired) electrons. The molecule has 3 rings (SSSR count). The number of hydrogen-bond acceptors (Lipinski definition) is 3. The van der Waals surface area contributed by atoms with Crippen LogP contribution in [-0.4, -0.2) is 35.9 Å². The Morgan fingerprint density at radius 1 is 1.43 bits per heavy atom. The van der Waals surface area contributed by atoms with E-state index in [0.29, 0.717) is 11.5 Å². The van der Waals surface area contributed by atoms with Crippen LogP contribution in [0.25, 0.3) is 0 Å². The summed E-state index contributed by atoms with van der Waals surface area (Å²) in [5, 5.41) is 3.25. The molecular formula is C17H25N3O. The molecule has 3 unspecified atom stereocenters. The van der Waals surface area contributed by atoms with Gasteiger partial charge in [-0.2, -0.15) is 0 Å². The van der Waals surface area contributed by atoms with E-state index in [2.05, 4.69) is 10.3 Å². The van der Waals surface area contributed by atoms with Crippen LogP contribution in [0.3, 0.4) is 0 Å². The molecule has 2 bridgehead atoms. The van der Waals surface area contributed by atoms with Crippen molar-refractivity contribution in [2.45, 2.75) is 32.6 Å². The second kappa shape index (κ2) is 6.04. The van der Waals surface area contributed by atoms with Crippen LogP contribution in [0.5, 0.6) is 0 Å². The lowest BCUT2D eigenvalue weighted by atomic mass is 9.88. The number of hydrogen-bond donors (Lipinski definition) is 1. The van der Waals surface area contributed by atoms with E-state index in [0.717, 1.165) is 30.6 Å². The Morgan fingerprint density at radius 3 is 2.95 bits per heavy atom. The highest BCUT2D eigenvalue weighted by atomic mass is 16.2. The van der Waals surface area contributed by atoms with Crippen molar-refractivity contribution in [2.75, 3.05) is 25.5 Å². The zero-order valence-electron chi connectivity index (χ0n) is 13.0. The van der Waals surface area contributed by atoms with E-state index >= 15 is 0 Å². The molecule has 2 saturated carbocycles. The van der Waals surface area contributed by atoms with Crippen molar-refractivity contribution in [1.82, 2.24) is 9.88 Å². The number of carbonyl (C=O) groups is 1. The second-order valence-corrected chi connectivity index (χ2v) is 6.57. The third-order valence-electron chi connectivity index (χ3n) is 5.16. The smallest absolute Gasteiger partial charge is 0.257 e. The fraction of sp³-hybridized carbons (Fsp3) is 0.647. The van der Waals surface area contributed by atoms with E-state index in [1.54, 1.807) is 12.4 Å². The zero-order valence-corrected chi connectivity index (χ0v) is 13.0. The van der Waals surface area contributed by atoms with Gasteiger partial charge in [-0.3, -0.25) is 9.78 Å². The van der Waals surface area contributed by atoms with Crippen molar-refractivity contribution < 1.29 is 4.79 Å². The Bertz CT molecular complexity index is 517. The van der Waals surface area contributed by atoms with Crippen LogP contribution in [0.2, 0.25) is 0 Å². The summed E-state index contributed by atoms with van der Waals surface area (Å²) in [6.07, 6.45) is 8.89. The van der Waals surface area contributed by atoms with E-state index in [4.69, 9.17) is 0 Å². The Kier molecular flexibility index (Phi) is 4.13. The van der Waals surface area contributed by atoms with E-state index < -0.39 is 0 Å². The monoisotopic (exact) mass is 287 g/mol. The molecule has 0 aliphatic heterocycles. The summed E-state index contributed by atoms with van der Waals surface area (Å²) in [4.78, 5) is 18.7. The molecule has 0 spiro atoms. The molecule has 4 nitrogen and oxygen atoms in total. The predicted molar refractivity (Wildman–Crippen MR) is 84.3 cm³/mol. The van der Waals surface area contributed by atoms with Crippen molar-refractivity contribution in [3.8, 4) is 0 Å². The predicted octanol–water partition coefficient (Wildman–Crippen LogP) is 3.02. The van der Waals surface area contributed by atoms with E-state index in [-0.39, 0.29) is 5.91 Å². The standard InChI is InChI=1S/C17H25N3O/c1-3-19-16-6-7-18-10-15(16)17(21)20(2)11-14-9-12-4-5-13(14)8-12/h6-7,10,12-14H,3-5,8-9,11H2,1-2H3,(H,18,19). The fourth-order valence-corrected chi connectivity index (χ4v) is 4.15. The van der Waals surface area contributed by atoms with Crippen LogP contribution in [-0.2, 0) is 0 Å². The van der Waals surface area contributed by atoms with Crippen molar-refractivity contribution in [1.29, 1.82) is 0 Å². The first-order valence-corrected chi connectivity index (χ1v) is 8.12. The van der Waals surface area contributed by atoms with Gasteiger partial charge in [0.1, 0.15) is 0 Å². The molecule has 0 saturated heterocycles. The minimum Gasteiger partial charge on any atom is -0.385 e. The van der Waals surface area contributed by atoms with E-state index in [1.807, 2.05) is 24.9 Å². The number of pyridine rings is 1. The minimum absolute atomic E-state index is 0.0850. The molecule has 0 aromatic carbocycles. The quantitative estimate of drug-likeness (QED) is 0.905. The average molecular weight is 287 g/mol. The topological polar surface area (TPSA) is 45.2 Å². The van der Waals surface area contributed by atoms with Gasteiger partial charge in [-0.1, -0.05) is 6.42 Å². The normalized spacial score (nSPS) is 26.9. The molecule has 4 heteroatoms. The summed E-state index contributed by atoms with van der Waals surface area (Å²) in [6, 6.07) is 1.88. The van der Waals surface area contributed by atoms with Crippen molar-refractivity contribution >= 4 is 11.6 Å².